The van der Waals surface area contributed by atoms with Gasteiger partial charge in [0.25, 0.3) is 0 Å². The molecule has 0 heterocycles. The van der Waals surface area contributed by atoms with E-state index in [2.05, 4.69) is 24.5 Å². The average molecular weight is 214 g/mol. The third kappa shape index (κ3) is 5.50. The molecule has 0 aromatic rings. The molecule has 1 unspecified atom stereocenters. The van der Waals surface area contributed by atoms with Crippen LogP contribution in [0.4, 0.5) is 0 Å². The first-order valence-electron chi connectivity index (χ1n) is 6.19. The quantitative estimate of drug-likeness (QED) is 0.571. The molecule has 1 aliphatic rings. The van der Waals surface area contributed by atoms with Crippen LogP contribution in [0.15, 0.2) is 0 Å². The van der Waals surface area contributed by atoms with Gasteiger partial charge in [0.15, 0.2) is 0 Å². The lowest BCUT2D eigenvalue weighted by atomic mass is 10.0. The van der Waals surface area contributed by atoms with Crippen molar-refractivity contribution in [1.29, 1.82) is 0 Å². The van der Waals surface area contributed by atoms with Crippen LogP contribution in [-0.2, 0) is 4.74 Å². The summed E-state index contributed by atoms with van der Waals surface area (Å²) >= 11 is 0. The summed E-state index contributed by atoms with van der Waals surface area (Å²) < 4.78 is 5.46. The summed E-state index contributed by atoms with van der Waals surface area (Å²) in [5, 5.41) is 6.97. The molecule has 1 saturated carbocycles. The minimum Gasteiger partial charge on any atom is -0.377 e. The van der Waals surface area contributed by atoms with Crippen LogP contribution in [-0.4, -0.2) is 38.4 Å². The van der Waals surface area contributed by atoms with Crippen molar-refractivity contribution in [3.8, 4) is 0 Å². The second kappa shape index (κ2) is 6.46. The Morgan fingerprint density at radius 2 is 2.07 bits per heavy atom. The number of rotatable bonds is 9. The second-order valence-electron chi connectivity index (χ2n) is 4.77. The molecule has 0 radical (unpaired) electrons. The molecular weight excluding hydrogens is 188 g/mol. The normalized spacial score (nSPS) is 20.2. The van der Waals surface area contributed by atoms with Crippen molar-refractivity contribution in [3.63, 3.8) is 0 Å². The van der Waals surface area contributed by atoms with Crippen LogP contribution in [0.3, 0.4) is 0 Å². The van der Waals surface area contributed by atoms with Gasteiger partial charge in [0.2, 0.25) is 0 Å². The first kappa shape index (κ1) is 12.9. The largest absolute Gasteiger partial charge is 0.377 e. The highest BCUT2D eigenvalue weighted by atomic mass is 16.5. The van der Waals surface area contributed by atoms with E-state index in [-0.39, 0.29) is 5.60 Å². The predicted molar refractivity (Wildman–Crippen MR) is 64.2 cm³/mol. The van der Waals surface area contributed by atoms with Gasteiger partial charge in [-0.15, -0.1) is 0 Å². The molecule has 0 aromatic carbocycles. The molecule has 1 aliphatic carbocycles. The number of hydrogen-bond acceptors (Lipinski definition) is 3. The summed E-state index contributed by atoms with van der Waals surface area (Å²) in [5.41, 5.74) is 0.00389. The number of nitrogens with one attached hydrogen (secondary N) is 2. The molecule has 0 spiro atoms. The van der Waals surface area contributed by atoms with Gasteiger partial charge in [-0.2, -0.15) is 0 Å². The molecular formula is C12H26N2O. The highest BCUT2D eigenvalue weighted by molar-refractivity contribution is 4.80. The minimum absolute atomic E-state index is 0.00389. The predicted octanol–water partition coefficient (Wildman–Crippen LogP) is 1.53. The van der Waals surface area contributed by atoms with Crippen molar-refractivity contribution in [2.45, 2.75) is 51.2 Å². The Labute approximate surface area is 94.0 Å². The lowest BCUT2D eigenvalue weighted by Gasteiger charge is -2.26. The van der Waals surface area contributed by atoms with Gasteiger partial charge in [0.05, 0.1) is 5.60 Å². The van der Waals surface area contributed by atoms with Gasteiger partial charge in [-0.05, 0) is 45.7 Å². The maximum atomic E-state index is 5.46. The highest BCUT2D eigenvalue weighted by Gasteiger charge is 2.20. The van der Waals surface area contributed by atoms with E-state index >= 15 is 0 Å². The first-order chi connectivity index (χ1) is 7.20. The fraction of sp³-hybridized carbons (Fsp3) is 1.00. The van der Waals surface area contributed by atoms with Crippen molar-refractivity contribution in [2.75, 3.05) is 26.7 Å². The van der Waals surface area contributed by atoms with Gasteiger partial charge in [-0.3, -0.25) is 0 Å². The Hall–Kier alpha value is -0.120. The van der Waals surface area contributed by atoms with Crippen LogP contribution in [0.5, 0.6) is 0 Å². The van der Waals surface area contributed by atoms with E-state index in [1.165, 1.54) is 19.3 Å². The number of ether oxygens (including phenoxy) is 1. The van der Waals surface area contributed by atoms with Gasteiger partial charge in [0, 0.05) is 19.7 Å². The summed E-state index contributed by atoms with van der Waals surface area (Å²) in [7, 11) is 1.79. The zero-order valence-corrected chi connectivity index (χ0v) is 10.4. The van der Waals surface area contributed by atoms with Crippen molar-refractivity contribution in [3.05, 3.63) is 0 Å². The maximum Gasteiger partial charge on any atom is 0.0771 e. The van der Waals surface area contributed by atoms with Crippen molar-refractivity contribution in [2.24, 2.45) is 0 Å². The van der Waals surface area contributed by atoms with Crippen LogP contribution in [0.2, 0.25) is 0 Å². The fourth-order valence-electron chi connectivity index (χ4n) is 1.50. The zero-order chi connectivity index (χ0) is 11.1. The molecule has 0 amide bonds. The smallest absolute Gasteiger partial charge is 0.0771 e. The molecule has 0 bridgehead atoms. The zero-order valence-electron chi connectivity index (χ0n) is 10.4. The van der Waals surface area contributed by atoms with Crippen molar-refractivity contribution >= 4 is 0 Å². The first-order valence-corrected chi connectivity index (χ1v) is 6.19. The Morgan fingerprint density at radius 3 is 2.60 bits per heavy atom. The molecule has 3 heteroatoms. The van der Waals surface area contributed by atoms with E-state index in [4.69, 9.17) is 4.74 Å². The van der Waals surface area contributed by atoms with Crippen LogP contribution < -0.4 is 10.6 Å². The summed E-state index contributed by atoms with van der Waals surface area (Å²) in [6.07, 6.45) is 5.02. The van der Waals surface area contributed by atoms with Crippen molar-refractivity contribution in [1.82, 2.24) is 10.6 Å². The molecule has 1 fully saturated rings. The number of methoxy groups -OCH3 is 1. The lowest BCUT2D eigenvalue weighted by molar-refractivity contribution is 0.00385. The Balaban J connectivity index is 1.90. The lowest BCUT2D eigenvalue weighted by Crippen LogP contribution is -2.39. The van der Waals surface area contributed by atoms with E-state index in [1.54, 1.807) is 7.11 Å². The molecule has 90 valence electrons. The molecule has 0 aliphatic heterocycles. The van der Waals surface area contributed by atoms with E-state index in [1.807, 2.05) is 0 Å². The van der Waals surface area contributed by atoms with E-state index in [0.29, 0.717) is 0 Å². The van der Waals surface area contributed by atoms with Gasteiger partial charge in [-0.25, -0.2) is 0 Å². The maximum absolute atomic E-state index is 5.46. The molecule has 15 heavy (non-hydrogen) atoms. The van der Waals surface area contributed by atoms with E-state index in [9.17, 15) is 0 Å². The molecule has 0 aromatic heterocycles. The van der Waals surface area contributed by atoms with Crippen LogP contribution in [0.25, 0.3) is 0 Å². The molecule has 0 saturated heterocycles. The Morgan fingerprint density at radius 1 is 1.33 bits per heavy atom. The fourth-order valence-corrected chi connectivity index (χ4v) is 1.50. The van der Waals surface area contributed by atoms with Crippen LogP contribution in [0, 0.1) is 0 Å². The van der Waals surface area contributed by atoms with Crippen molar-refractivity contribution < 1.29 is 4.74 Å². The van der Waals surface area contributed by atoms with Crippen LogP contribution >= 0.6 is 0 Å². The highest BCUT2D eigenvalue weighted by Crippen LogP contribution is 2.18. The standard InChI is InChI=1S/C12H26N2O/c1-4-12(2,15-3)10-13-8-5-9-14-11-6-7-11/h11,13-14H,4-10H2,1-3H3. The topological polar surface area (TPSA) is 33.3 Å². The second-order valence-corrected chi connectivity index (χ2v) is 4.77. The van der Waals surface area contributed by atoms with Gasteiger partial charge >= 0.3 is 0 Å². The summed E-state index contributed by atoms with van der Waals surface area (Å²) in [6, 6.07) is 0.838. The van der Waals surface area contributed by atoms with Gasteiger partial charge < -0.3 is 15.4 Å². The van der Waals surface area contributed by atoms with E-state index < -0.39 is 0 Å². The monoisotopic (exact) mass is 214 g/mol. The van der Waals surface area contributed by atoms with E-state index in [0.717, 1.165) is 32.1 Å². The summed E-state index contributed by atoms with van der Waals surface area (Å²) in [4.78, 5) is 0. The summed E-state index contributed by atoms with van der Waals surface area (Å²) in [5.74, 6) is 0. The molecule has 1 atom stereocenters. The third-order valence-corrected chi connectivity index (χ3v) is 3.28. The molecule has 1 rings (SSSR count). The Bertz CT molecular complexity index is 165. The van der Waals surface area contributed by atoms with Gasteiger partial charge in [0.1, 0.15) is 0 Å². The minimum atomic E-state index is 0.00389. The van der Waals surface area contributed by atoms with Crippen LogP contribution in [0.1, 0.15) is 39.5 Å². The molecule has 3 nitrogen and oxygen atoms in total. The third-order valence-electron chi connectivity index (χ3n) is 3.28. The summed E-state index contributed by atoms with van der Waals surface area (Å²) in [6.45, 7) is 7.50. The number of hydrogen-bond donors (Lipinski definition) is 2. The SMILES string of the molecule is CCC(C)(CNCCCNC1CC1)OC. The Kier molecular flexibility index (Phi) is 5.58. The molecule has 2 N–H and O–H groups in total. The average Bonchev–Trinajstić information content (AvgIpc) is 3.06. The van der Waals surface area contributed by atoms with Gasteiger partial charge in [-0.1, -0.05) is 6.92 Å².